The molecule has 5 nitrogen and oxygen atoms in total. The molecule has 3 aromatic rings. The summed E-state index contributed by atoms with van der Waals surface area (Å²) in [5.41, 5.74) is -1.12. The second-order valence-electron chi connectivity index (χ2n) is 7.01. The summed E-state index contributed by atoms with van der Waals surface area (Å²) in [6, 6.07) is 8.39. The molecule has 0 bridgehead atoms. The fourth-order valence-corrected chi connectivity index (χ4v) is 3.00. The van der Waals surface area contributed by atoms with Gasteiger partial charge in [-0.1, -0.05) is 23.7 Å². The Morgan fingerprint density at radius 2 is 1.96 bits per heavy atom. The monoisotopic (exact) mass is 411 g/mol. The maximum Gasteiger partial charge on any atom is 0.416 e. The van der Waals surface area contributed by atoms with Crippen LogP contribution in [0.5, 0.6) is 0 Å². The van der Waals surface area contributed by atoms with E-state index in [9.17, 15) is 23.1 Å². The molecular weight excluding hydrogens is 395 g/mol. The predicted octanol–water partition coefficient (Wildman–Crippen LogP) is 4.77. The van der Waals surface area contributed by atoms with Crippen LogP contribution in [0, 0.1) is 0 Å². The number of pyridine rings is 1. The highest BCUT2D eigenvalue weighted by atomic mass is 35.5. The number of benzene rings is 1. The molecule has 148 valence electrons. The van der Waals surface area contributed by atoms with Crippen molar-refractivity contribution in [3.63, 3.8) is 0 Å². The second kappa shape index (κ2) is 7.10. The van der Waals surface area contributed by atoms with E-state index in [1.807, 2.05) is 0 Å². The number of hydrogen-bond donors (Lipinski definition) is 2. The van der Waals surface area contributed by atoms with Gasteiger partial charge in [0.25, 0.3) is 0 Å². The normalized spacial score (nSPS) is 12.4. The number of carbonyl (C=O) groups is 1. The topological polar surface area (TPSA) is 66.6 Å². The van der Waals surface area contributed by atoms with Gasteiger partial charge in [0.2, 0.25) is 5.91 Å². The molecule has 28 heavy (non-hydrogen) atoms. The molecule has 2 N–H and O–H groups in total. The van der Waals surface area contributed by atoms with E-state index in [2.05, 4.69) is 10.4 Å². The minimum atomic E-state index is -4.53. The quantitative estimate of drug-likeness (QED) is 0.649. The zero-order valence-electron chi connectivity index (χ0n) is 15.0. The Hall–Kier alpha value is -2.58. The zero-order valence-corrected chi connectivity index (χ0v) is 15.8. The molecular formula is C19H17ClF3N3O2. The van der Waals surface area contributed by atoms with E-state index in [-0.39, 0.29) is 17.8 Å². The molecule has 1 aromatic carbocycles. The number of hydrogen-bond acceptors (Lipinski definition) is 3. The number of nitrogens with zero attached hydrogens (tertiary/aromatic N) is 2. The van der Waals surface area contributed by atoms with Gasteiger partial charge in [-0.15, -0.1) is 5.10 Å². The third-order valence-corrected chi connectivity index (χ3v) is 4.16. The summed E-state index contributed by atoms with van der Waals surface area (Å²) in [4.78, 5) is 12.3. The van der Waals surface area contributed by atoms with Crippen LogP contribution < -0.4 is 5.32 Å². The van der Waals surface area contributed by atoms with Gasteiger partial charge in [0.1, 0.15) is 0 Å². The van der Waals surface area contributed by atoms with Crippen molar-refractivity contribution < 1.29 is 23.1 Å². The summed E-state index contributed by atoms with van der Waals surface area (Å²) in [5.74, 6) is -0.439. The van der Waals surface area contributed by atoms with Crippen molar-refractivity contribution in [3.8, 4) is 11.1 Å². The Bertz CT molecular complexity index is 1040. The fraction of sp³-hybridized carbons (Fsp3) is 0.263. The minimum Gasteiger partial charge on any atom is -0.390 e. The number of fused-ring (bicyclic) bond motifs is 1. The van der Waals surface area contributed by atoms with Crippen molar-refractivity contribution in [1.82, 2.24) is 9.61 Å². The van der Waals surface area contributed by atoms with Gasteiger partial charge in [0.15, 0.2) is 5.82 Å². The van der Waals surface area contributed by atoms with Gasteiger partial charge in [-0.2, -0.15) is 13.2 Å². The Morgan fingerprint density at radius 1 is 1.25 bits per heavy atom. The van der Waals surface area contributed by atoms with E-state index in [1.165, 1.54) is 24.6 Å². The van der Waals surface area contributed by atoms with Crippen LogP contribution in [0.4, 0.5) is 19.0 Å². The Kier molecular flexibility index (Phi) is 5.12. The van der Waals surface area contributed by atoms with Crippen molar-refractivity contribution in [2.45, 2.75) is 32.0 Å². The molecule has 0 atom stereocenters. The molecule has 0 saturated carbocycles. The number of amides is 1. The molecule has 0 spiro atoms. The number of anilines is 1. The van der Waals surface area contributed by atoms with Gasteiger partial charge >= 0.3 is 6.18 Å². The van der Waals surface area contributed by atoms with E-state index in [1.54, 1.807) is 24.3 Å². The van der Waals surface area contributed by atoms with Crippen LogP contribution in [0.25, 0.3) is 16.6 Å². The maximum atomic E-state index is 13.2. The molecule has 0 aliphatic heterocycles. The molecule has 0 aliphatic rings. The van der Waals surface area contributed by atoms with Crippen LogP contribution in [0.1, 0.15) is 25.8 Å². The number of aliphatic hydroxyl groups is 1. The van der Waals surface area contributed by atoms with Gasteiger partial charge < -0.3 is 10.4 Å². The number of carbonyl (C=O) groups excluding carboxylic acids is 1. The third kappa shape index (κ3) is 4.45. The van der Waals surface area contributed by atoms with Crippen LogP contribution in [0.3, 0.4) is 0 Å². The first-order chi connectivity index (χ1) is 12.9. The van der Waals surface area contributed by atoms with Crippen molar-refractivity contribution in [2.24, 2.45) is 0 Å². The number of nitrogens with one attached hydrogen (secondary N) is 1. The Balaban J connectivity index is 2.17. The molecule has 9 heteroatoms. The fourth-order valence-electron chi connectivity index (χ4n) is 2.81. The summed E-state index contributed by atoms with van der Waals surface area (Å²) in [6.45, 7) is 2.95. The van der Waals surface area contributed by atoms with E-state index in [0.717, 1.165) is 12.1 Å². The van der Waals surface area contributed by atoms with E-state index in [4.69, 9.17) is 11.6 Å². The molecule has 0 aliphatic carbocycles. The smallest absolute Gasteiger partial charge is 0.390 e. The van der Waals surface area contributed by atoms with Crippen molar-refractivity contribution in [2.75, 3.05) is 5.32 Å². The number of halogens is 4. The Morgan fingerprint density at radius 3 is 2.57 bits per heavy atom. The number of aromatic nitrogens is 2. The van der Waals surface area contributed by atoms with Crippen LogP contribution in [-0.4, -0.2) is 26.2 Å². The molecule has 2 aromatic heterocycles. The van der Waals surface area contributed by atoms with Crippen molar-refractivity contribution in [3.05, 3.63) is 53.2 Å². The number of alkyl halides is 3. The minimum absolute atomic E-state index is 0.0795. The first kappa shape index (κ1) is 20.2. The molecule has 0 unspecified atom stereocenters. The molecule has 3 rings (SSSR count). The second-order valence-corrected chi connectivity index (χ2v) is 7.45. The lowest BCUT2D eigenvalue weighted by Gasteiger charge is -2.16. The van der Waals surface area contributed by atoms with Crippen LogP contribution in [0.2, 0.25) is 5.02 Å². The van der Waals surface area contributed by atoms with Crippen LogP contribution in [0.15, 0.2) is 42.6 Å². The maximum absolute atomic E-state index is 13.2. The standard InChI is InChI=1S/C19H17ClF3N3O2/c1-18(2,28)10-15(27)24-17-16(11-4-3-5-13(20)8-11)14-9-12(19(21,22)23)6-7-26(14)25-17/h3-9,28H,10H2,1-2H3,(H,24,25,27). The summed E-state index contributed by atoms with van der Waals surface area (Å²) < 4.78 is 40.8. The van der Waals surface area contributed by atoms with Gasteiger partial charge in [0, 0.05) is 11.2 Å². The lowest BCUT2D eigenvalue weighted by Crippen LogP contribution is -2.27. The first-order valence-corrected chi connectivity index (χ1v) is 8.69. The predicted molar refractivity (Wildman–Crippen MR) is 100 cm³/mol. The lowest BCUT2D eigenvalue weighted by molar-refractivity contribution is -0.137. The van der Waals surface area contributed by atoms with Gasteiger partial charge in [-0.3, -0.25) is 4.79 Å². The number of rotatable bonds is 4. The van der Waals surface area contributed by atoms with Gasteiger partial charge in [-0.05, 0) is 43.7 Å². The van der Waals surface area contributed by atoms with Crippen molar-refractivity contribution >= 4 is 28.8 Å². The lowest BCUT2D eigenvalue weighted by atomic mass is 10.0. The van der Waals surface area contributed by atoms with Crippen LogP contribution in [-0.2, 0) is 11.0 Å². The first-order valence-electron chi connectivity index (χ1n) is 8.32. The molecule has 0 saturated heterocycles. The van der Waals surface area contributed by atoms with Gasteiger partial charge in [-0.25, -0.2) is 4.52 Å². The SMILES string of the molecule is CC(C)(O)CC(=O)Nc1nn2ccc(C(F)(F)F)cc2c1-c1cccc(Cl)c1. The van der Waals surface area contributed by atoms with E-state index >= 15 is 0 Å². The van der Waals surface area contributed by atoms with Crippen LogP contribution >= 0.6 is 11.6 Å². The summed E-state index contributed by atoms with van der Waals surface area (Å²) >= 11 is 6.03. The molecule has 0 fully saturated rings. The highest BCUT2D eigenvalue weighted by Gasteiger charge is 2.31. The third-order valence-electron chi connectivity index (χ3n) is 3.93. The average Bonchev–Trinajstić information content (AvgIpc) is 2.88. The molecule has 1 amide bonds. The molecule has 0 radical (unpaired) electrons. The largest absolute Gasteiger partial charge is 0.416 e. The summed E-state index contributed by atoms with van der Waals surface area (Å²) in [7, 11) is 0. The summed E-state index contributed by atoms with van der Waals surface area (Å²) in [6.07, 6.45) is -3.55. The van der Waals surface area contributed by atoms with Gasteiger partial charge in [0.05, 0.1) is 28.7 Å². The Labute approximate surface area is 163 Å². The van der Waals surface area contributed by atoms with E-state index in [0.29, 0.717) is 16.1 Å². The summed E-state index contributed by atoms with van der Waals surface area (Å²) in [5, 5.41) is 17.0. The highest BCUT2D eigenvalue weighted by Crippen LogP contribution is 2.37. The molecule has 2 heterocycles. The van der Waals surface area contributed by atoms with Crippen molar-refractivity contribution in [1.29, 1.82) is 0 Å². The van der Waals surface area contributed by atoms with E-state index < -0.39 is 23.2 Å². The highest BCUT2D eigenvalue weighted by molar-refractivity contribution is 6.31. The zero-order chi connectivity index (χ0) is 20.7. The average molecular weight is 412 g/mol.